The molecule has 0 aromatic heterocycles. The molecular formula is C52H100O6. The highest BCUT2D eigenvalue weighted by Gasteiger charge is 2.19. The monoisotopic (exact) mass is 821 g/mol. The largest absolute Gasteiger partial charge is 0.462 e. The first kappa shape index (κ1) is 56.4. The van der Waals surface area contributed by atoms with Gasteiger partial charge in [-0.25, -0.2) is 0 Å². The number of ether oxygens (including phenoxy) is 3. The van der Waals surface area contributed by atoms with Gasteiger partial charge in [0.1, 0.15) is 13.2 Å². The third-order valence-electron chi connectivity index (χ3n) is 11.9. The molecule has 0 radical (unpaired) electrons. The average molecular weight is 821 g/mol. The fourth-order valence-electron chi connectivity index (χ4n) is 7.92. The molecule has 0 heterocycles. The van der Waals surface area contributed by atoms with Crippen LogP contribution >= 0.6 is 0 Å². The molecule has 58 heavy (non-hydrogen) atoms. The summed E-state index contributed by atoms with van der Waals surface area (Å²) >= 11 is 0. The van der Waals surface area contributed by atoms with Gasteiger partial charge in [-0.3, -0.25) is 14.4 Å². The van der Waals surface area contributed by atoms with E-state index in [1.54, 1.807) is 0 Å². The van der Waals surface area contributed by atoms with Gasteiger partial charge in [-0.15, -0.1) is 0 Å². The minimum absolute atomic E-state index is 0.0639. The Balaban J connectivity index is 3.89. The van der Waals surface area contributed by atoms with Crippen molar-refractivity contribution in [2.24, 2.45) is 0 Å². The number of esters is 3. The van der Waals surface area contributed by atoms with Crippen molar-refractivity contribution in [1.82, 2.24) is 0 Å². The van der Waals surface area contributed by atoms with Crippen LogP contribution in [0, 0.1) is 0 Å². The van der Waals surface area contributed by atoms with Crippen LogP contribution in [0.15, 0.2) is 0 Å². The van der Waals surface area contributed by atoms with Crippen LogP contribution in [0.5, 0.6) is 0 Å². The van der Waals surface area contributed by atoms with E-state index in [9.17, 15) is 14.4 Å². The van der Waals surface area contributed by atoms with Crippen molar-refractivity contribution in [2.45, 2.75) is 303 Å². The quantitative estimate of drug-likeness (QED) is 0.0346. The molecule has 0 aromatic carbocycles. The Morgan fingerprint density at radius 1 is 0.276 bits per heavy atom. The Morgan fingerprint density at radius 3 is 0.690 bits per heavy atom. The predicted octanol–water partition coefficient (Wildman–Crippen LogP) is 16.8. The van der Waals surface area contributed by atoms with Gasteiger partial charge < -0.3 is 14.2 Å². The molecule has 1 atom stereocenters. The number of carbonyl (C=O) groups is 3. The molecule has 0 saturated carbocycles. The lowest BCUT2D eigenvalue weighted by molar-refractivity contribution is -0.167. The van der Waals surface area contributed by atoms with Crippen molar-refractivity contribution in [3.05, 3.63) is 0 Å². The summed E-state index contributed by atoms with van der Waals surface area (Å²) in [6, 6.07) is 0. The second-order valence-electron chi connectivity index (χ2n) is 17.8. The van der Waals surface area contributed by atoms with Crippen molar-refractivity contribution in [1.29, 1.82) is 0 Å². The van der Waals surface area contributed by atoms with Gasteiger partial charge >= 0.3 is 17.9 Å². The smallest absolute Gasteiger partial charge is 0.306 e. The zero-order chi connectivity index (χ0) is 42.3. The fourth-order valence-corrected chi connectivity index (χ4v) is 7.92. The first-order valence-corrected chi connectivity index (χ1v) is 26.0. The van der Waals surface area contributed by atoms with E-state index < -0.39 is 6.10 Å². The maximum absolute atomic E-state index is 12.6. The van der Waals surface area contributed by atoms with Crippen molar-refractivity contribution >= 4 is 17.9 Å². The fraction of sp³-hybridized carbons (Fsp3) is 0.942. The van der Waals surface area contributed by atoms with Crippen LogP contribution in [0.2, 0.25) is 0 Å². The molecule has 0 saturated heterocycles. The Labute approximate surface area is 361 Å². The highest BCUT2D eigenvalue weighted by atomic mass is 16.6. The second-order valence-corrected chi connectivity index (χ2v) is 17.8. The molecule has 0 rings (SSSR count). The first-order valence-electron chi connectivity index (χ1n) is 26.0. The summed E-state index contributed by atoms with van der Waals surface area (Å²) in [5.74, 6) is -0.866. The zero-order valence-electron chi connectivity index (χ0n) is 39.3. The minimum Gasteiger partial charge on any atom is -0.462 e. The van der Waals surface area contributed by atoms with Crippen molar-refractivity contribution in [3.8, 4) is 0 Å². The second kappa shape index (κ2) is 48.1. The normalized spacial score (nSPS) is 11.8. The van der Waals surface area contributed by atoms with Crippen molar-refractivity contribution in [3.63, 3.8) is 0 Å². The summed E-state index contributed by atoms with van der Waals surface area (Å²) in [5.41, 5.74) is 0. The summed E-state index contributed by atoms with van der Waals surface area (Å²) < 4.78 is 16.6. The topological polar surface area (TPSA) is 78.9 Å². The van der Waals surface area contributed by atoms with E-state index in [0.29, 0.717) is 19.3 Å². The number of rotatable bonds is 48. The Morgan fingerprint density at radius 2 is 0.466 bits per heavy atom. The van der Waals surface area contributed by atoms with E-state index in [4.69, 9.17) is 14.2 Å². The van der Waals surface area contributed by atoms with Crippen LogP contribution in [-0.2, 0) is 28.6 Å². The third kappa shape index (κ3) is 45.5. The highest BCUT2D eigenvalue weighted by molar-refractivity contribution is 5.71. The summed E-state index contributed by atoms with van der Waals surface area (Å²) in [7, 11) is 0. The highest BCUT2D eigenvalue weighted by Crippen LogP contribution is 2.17. The van der Waals surface area contributed by atoms with E-state index in [1.807, 2.05) is 0 Å². The number of hydrogen-bond donors (Lipinski definition) is 0. The van der Waals surface area contributed by atoms with E-state index in [-0.39, 0.29) is 31.1 Å². The third-order valence-corrected chi connectivity index (χ3v) is 11.9. The lowest BCUT2D eigenvalue weighted by atomic mass is 10.0. The summed E-state index contributed by atoms with van der Waals surface area (Å²) in [6.07, 6.45) is 51.6. The SMILES string of the molecule is CCCCCCCCCCCCCCCCCCCCCCCCCCCCC(=O)OCC(COC(=O)CCCCCCC)OC(=O)CCCCCCCCCCC. The molecule has 0 aliphatic heterocycles. The molecule has 0 aliphatic carbocycles. The van der Waals surface area contributed by atoms with Crippen LogP contribution in [0.1, 0.15) is 297 Å². The van der Waals surface area contributed by atoms with E-state index in [0.717, 1.165) is 64.2 Å². The maximum atomic E-state index is 12.6. The van der Waals surface area contributed by atoms with Crippen molar-refractivity contribution in [2.75, 3.05) is 13.2 Å². The van der Waals surface area contributed by atoms with Gasteiger partial charge in [0.15, 0.2) is 6.10 Å². The Hall–Kier alpha value is -1.59. The molecular weight excluding hydrogens is 721 g/mol. The molecule has 344 valence electrons. The Bertz CT molecular complexity index is 859. The van der Waals surface area contributed by atoms with Gasteiger partial charge in [0.2, 0.25) is 0 Å². The van der Waals surface area contributed by atoms with E-state index >= 15 is 0 Å². The first-order chi connectivity index (χ1) is 28.5. The van der Waals surface area contributed by atoms with E-state index in [2.05, 4.69) is 20.8 Å². The summed E-state index contributed by atoms with van der Waals surface area (Å²) in [5, 5.41) is 0. The molecule has 0 aliphatic rings. The van der Waals surface area contributed by atoms with Crippen LogP contribution in [0.25, 0.3) is 0 Å². The van der Waals surface area contributed by atoms with Crippen LogP contribution < -0.4 is 0 Å². The molecule has 0 spiro atoms. The number of unbranched alkanes of at least 4 members (excludes halogenated alkanes) is 37. The molecule has 0 amide bonds. The van der Waals surface area contributed by atoms with Crippen molar-refractivity contribution < 1.29 is 28.6 Å². The minimum atomic E-state index is -0.757. The molecule has 6 nitrogen and oxygen atoms in total. The standard InChI is InChI=1S/C52H100O6/c1-4-7-10-13-15-17-18-19-20-21-22-23-24-25-26-27-28-29-30-31-32-33-35-36-39-42-45-51(54)57-48-49(47-56-50(53)44-41-38-12-9-6-3)58-52(55)46-43-40-37-34-16-14-11-8-5-2/h49H,4-48H2,1-3H3. The number of carbonyl (C=O) groups excluding carboxylic acids is 3. The lowest BCUT2D eigenvalue weighted by Gasteiger charge is -2.18. The van der Waals surface area contributed by atoms with Gasteiger partial charge in [0.05, 0.1) is 0 Å². The lowest BCUT2D eigenvalue weighted by Crippen LogP contribution is -2.30. The summed E-state index contributed by atoms with van der Waals surface area (Å²) in [6.45, 7) is 6.57. The molecule has 6 heteroatoms. The van der Waals surface area contributed by atoms with Gasteiger partial charge in [-0.1, -0.05) is 258 Å². The maximum Gasteiger partial charge on any atom is 0.306 e. The van der Waals surface area contributed by atoms with Gasteiger partial charge in [0, 0.05) is 19.3 Å². The van der Waals surface area contributed by atoms with Gasteiger partial charge in [-0.05, 0) is 19.3 Å². The van der Waals surface area contributed by atoms with E-state index in [1.165, 1.54) is 193 Å². The molecule has 0 aromatic rings. The van der Waals surface area contributed by atoms with Crippen LogP contribution in [0.4, 0.5) is 0 Å². The predicted molar refractivity (Wildman–Crippen MR) is 247 cm³/mol. The summed E-state index contributed by atoms with van der Waals surface area (Å²) in [4.78, 5) is 37.5. The average Bonchev–Trinajstić information content (AvgIpc) is 3.22. The van der Waals surface area contributed by atoms with Crippen LogP contribution in [-0.4, -0.2) is 37.2 Å². The molecule has 1 unspecified atom stereocenters. The van der Waals surface area contributed by atoms with Gasteiger partial charge in [0.25, 0.3) is 0 Å². The number of hydrogen-bond acceptors (Lipinski definition) is 6. The Kier molecular flexibility index (Phi) is 46.8. The zero-order valence-corrected chi connectivity index (χ0v) is 39.3. The molecule has 0 fully saturated rings. The molecule has 0 bridgehead atoms. The van der Waals surface area contributed by atoms with Gasteiger partial charge in [-0.2, -0.15) is 0 Å². The molecule has 0 N–H and O–H groups in total. The van der Waals surface area contributed by atoms with Crippen LogP contribution in [0.3, 0.4) is 0 Å².